The third kappa shape index (κ3) is 3.48. The van der Waals surface area contributed by atoms with E-state index in [0.717, 1.165) is 16.9 Å². The van der Waals surface area contributed by atoms with Crippen molar-refractivity contribution in [1.29, 1.82) is 0 Å². The maximum Gasteiger partial charge on any atom is 0.325 e. The van der Waals surface area contributed by atoms with Crippen LogP contribution in [-0.2, 0) is 13.0 Å². The summed E-state index contributed by atoms with van der Waals surface area (Å²) in [5.74, 6) is 0.444. The first-order chi connectivity index (χ1) is 13.5. The van der Waals surface area contributed by atoms with Gasteiger partial charge in [0.15, 0.2) is 0 Å². The zero-order valence-corrected chi connectivity index (χ0v) is 15.4. The summed E-state index contributed by atoms with van der Waals surface area (Å²) in [6, 6.07) is 13.6. The summed E-state index contributed by atoms with van der Waals surface area (Å²) in [6.07, 6.45) is 0.523. The first-order valence-corrected chi connectivity index (χ1v) is 9.03. The molecular weight excluding hydrogens is 361 g/mol. The van der Waals surface area contributed by atoms with E-state index in [0.29, 0.717) is 30.8 Å². The average Bonchev–Trinajstić information content (AvgIpc) is 2.69. The van der Waals surface area contributed by atoms with Crippen molar-refractivity contribution in [1.82, 2.24) is 14.9 Å². The van der Waals surface area contributed by atoms with Crippen LogP contribution in [-0.4, -0.2) is 28.5 Å². The molecule has 28 heavy (non-hydrogen) atoms. The smallest absolute Gasteiger partial charge is 0.325 e. The summed E-state index contributed by atoms with van der Waals surface area (Å²) in [4.78, 5) is 31.5. The van der Waals surface area contributed by atoms with Crippen LogP contribution < -0.4 is 16.0 Å². The van der Waals surface area contributed by atoms with Crippen molar-refractivity contribution in [3.05, 3.63) is 97.6 Å². The Hall–Kier alpha value is -3.19. The second-order valence-corrected chi connectivity index (χ2v) is 6.82. The minimum Gasteiger partial charge on any atom is -0.497 e. The van der Waals surface area contributed by atoms with Gasteiger partial charge in [-0.15, -0.1) is 0 Å². The third-order valence-electron chi connectivity index (χ3n) is 5.09. The number of fused-ring (bicyclic) bond motifs is 1. The number of H-pyrrole nitrogens is 2. The van der Waals surface area contributed by atoms with Crippen LogP contribution in [0.25, 0.3) is 0 Å². The van der Waals surface area contributed by atoms with Crippen LogP contribution in [0, 0.1) is 5.82 Å². The molecule has 0 aliphatic carbocycles. The Kier molecular flexibility index (Phi) is 4.83. The first kappa shape index (κ1) is 18.2. The zero-order chi connectivity index (χ0) is 19.7. The number of aromatic amines is 2. The molecule has 2 N–H and O–H groups in total. The molecular formula is C21H20FN3O3. The minimum atomic E-state index is -0.540. The van der Waals surface area contributed by atoms with Crippen molar-refractivity contribution < 1.29 is 9.13 Å². The fourth-order valence-electron chi connectivity index (χ4n) is 3.74. The molecule has 0 saturated heterocycles. The highest BCUT2D eigenvalue weighted by Crippen LogP contribution is 2.33. The monoisotopic (exact) mass is 381 g/mol. The number of halogens is 1. The molecule has 0 fully saturated rings. The van der Waals surface area contributed by atoms with Crippen molar-refractivity contribution in [3.8, 4) is 5.75 Å². The van der Waals surface area contributed by atoms with Gasteiger partial charge in [-0.2, -0.15) is 0 Å². The van der Waals surface area contributed by atoms with E-state index in [1.807, 2.05) is 24.3 Å². The van der Waals surface area contributed by atoms with Crippen LogP contribution in [0.4, 0.5) is 4.39 Å². The lowest BCUT2D eigenvalue weighted by atomic mass is 9.92. The lowest BCUT2D eigenvalue weighted by molar-refractivity contribution is 0.198. The van der Waals surface area contributed by atoms with Gasteiger partial charge in [-0.25, -0.2) is 9.18 Å². The maximum atomic E-state index is 13.5. The van der Waals surface area contributed by atoms with Crippen molar-refractivity contribution in [2.24, 2.45) is 0 Å². The van der Waals surface area contributed by atoms with Crippen LogP contribution >= 0.6 is 0 Å². The van der Waals surface area contributed by atoms with E-state index in [2.05, 4.69) is 14.9 Å². The van der Waals surface area contributed by atoms with Gasteiger partial charge >= 0.3 is 5.69 Å². The van der Waals surface area contributed by atoms with E-state index in [1.165, 1.54) is 12.1 Å². The van der Waals surface area contributed by atoms with E-state index >= 15 is 0 Å². The Morgan fingerprint density at radius 1 is 1.07 bits per heavy atom. The maximum absolute atomic E-state index is 13.5. The average molecular weight is 381 g/mol. The molecule has 0 radical (unpaired) electrons. The summed E-state index contributed by atoms with van der Waals surface area (Å²) < 4.78 is 18.7. The predicted molar refractivity (Wildman–Crippen MR) is 103 cm³/mol. The van der Waals surface area contributed by atoms with Gasteiger partial charge in [0.2, 0.25) is 0 Å². The number of rotatable bonds is 4. The zero-order valence-electron chi connectivity index (χ0n) is 15.4. The van der Waals surface area contributed by atoms with Crippen LogP contribution in [0.15, 0.2) is 58.1 Å². The molecule has 7 heteroatoms. The van der Waals surface area contributed by atoms with Crippen molar-refractivity contribution in [2.45, 2.75) is 19.0 Å². The van der Waals surface area contributed by atoms with Gasteiger partial charge in [0, 0.05) is 24.3 Å². The molecule has 3 aromatic rings. The van der Waals surface area contributed by atoms with E-state index in [9.17, 15) is 14.0 Å². The number of hydrogen-bond acceptors (Lipinski definition) is 4. The van der Waals surface area contributed by atoms with Crippen LogP contribution in [0.5, 0.6) is 5.75 Å². The Bertz CT molecular complexity index is 1090. The van der Waals surface area contributed by atoms with Crippen molar-refractivity contribution in [2.75, 3.05) is 13.7 Å². The standard InChI is InChI=1S/C21H20FN3O3/c1-28-16-8-2-13(3-9-16)12-25-11-10-17-18(23-21(27)24-20(17)26)19(25)14-4-6-15(22)7-5-14/h2-9,19H,10-12H2,1H3,(H2,23,24,26,27). The summed E-state index contributed by atoms with van der Waals surface area (Å²) in [6.45, 7) is 1.25. The second-order valence-electron chi connectivity index (χ2n) is 6.82. The molecule has 0 bridgehead atoms. The molecule has 1 atom stereocenters. The highest BCUT2D eigenvalue weighted by Gasteiger charge is 2.31. The molecule has 144 valence electrons. The van der Waals surface area contributed by atoms with E-state index in [4.69, 9.17) is 4.74 Å². The molecule has 0 saturated carbocycles. The second kappa shape index (κ2) is 7.44. The predicted octanol–water partition coefficient (Wildman–Crippen LogP) is 2.36. The largest absolute Gasteiger partial charge is 0.497 e. The number of methoxy groups -OCH3 is 1. The number of hydrogen-bond donors (Lipinski definition) is 2. The Balaban J connectivity index is 1.77. The Morgan fingerprint density at radius 2 is 1.79 bits per heavy atom. The van der Waals surface area contributed by atoms with Gasteiger partial charge in [0.05, 0.1) is 13.2 Å². The van der Waals surface area contributed by atoms with E-state index < -0.39 is 5.69 Å². The summed E-state index contributed by atoms with van der Waals surface area (Å²) in [5.41, 5.74) is 2.12. The molecule has 4 rings (SSSR count). The molecule has 6 nitrogen and oxygen atoms in total. The molecule has 2 heterocycles. The molecule has 1 aliphatic rings. The number of aromatic nitrogens is 2. The molecule has 1 aliphatic heterocycles. The summed E-state index contributed by atoms with van der Waals surface area (Å²) >= 11 is 0. The SMILES string of the molecule is COc1ccc(CN2CCc3c([nH]c(=O)[nH]c3=O)C2c2ccc(F)cc2)cc1. The number of nitrogens with one attached hydrogen (secondary N) is 2. The normalized spacial score (nSPS) is 16.6. The fourth-order valence-corrected chi connectivity index (χ4v) is 3.74. The molecule has 1 aromatic heterocycles. The van der Waals surface area contributed by atoms with E-state index in [-0.39, 0.29) is 17.4 Å². The highest BCUT2D eigenvalue weighted by atomic mass is 19.1. The topological polar surface area (TPSA) is 78.2 Å². The number of benzene rings is 2. The fraction of sp³-hybridized carbons (Fsp3) is 0.238. The lowest BCUT2D eigenvalue weighted by Crippen LogP contribution is -2.41. The van der Waals surface area contributed by atoms with Gasteiger partial charge in [0.25, 0.3) is 5.56 Å². The third-order valence-corrected chi connectivity index (χ3v) is 5.09. The number of ether oxygens (including phenoxy) is 1. The van der Waals surface area contributed by atoms with Crippen LogP contribution in [0.1, 0.15) is 28.4 Å². The molecule has 0 spiro atoms. The van der Waals surface area contributed by atoms with Gasteiger partial charge < -0.3 is 9.72 Å². The Morgan fingerprint density at radius 3 is 2.46 bits per heavy atom. The molecule has 0 amide bonds. The van der Waals surface area contributed by atoms with Crippen molar-refractivity contribution >= 4 is 0 Å². The van der Waals surface area contributed by atoms with Crippen LogP contribution in [0.3, 0.4) is 0 Å². The van der Waals surface area contributed by atoms with Gasteiger partial charge in [-0.3, -0.25) is 14.7 Å². The van der Waals surface area contributed by atoms with Crippen LogP contribution in [0.2, 0.25) is 0 Å². The van der Waals surface area contributed by atoms with Crippen molar-refractivity contribution in [3.63, 3.8) is 0 Å². The van der Waals surface area contributed by atoms with Gasteiger partial charge in [-0.05, 0) is 41.8 Å². The summed E-state index contributed by atoms with van der Waals surface area (Å²) in [5, 5.41) is 0. The Labute approximate surface area is 160 Å². The van der Waals surface area contributed by atoms with E-state index in [1.54, 1.807) is 19.2 Å². The summed E-state index contributed by atoms with van der Waals surface area (Å²) in [7, 11) is 1.62. The molecule has 2 aromatic carbocycles. The van der Waals surface area contributed by atoms with Gasteiger partial charge in [0.1, 0.15) is 11.6 Å². The molecule has 1 unspecified atom stereocenters. The minimum absolute atomic E-state index is 0.333. The highest BCUT2D eigenvalue weighted by molar-refractivity contribution is 5.35. The number of nitrogens with zero attached hydrogens (tertiary/aromatic N) is 1. The quantitative estimate of drug-likeness (QED) is 0.727. The lowest BCUT2D eigenvalue weighted by Gasteiger charge is -2.36. The first-order valence-electron chi connectivity index (χ1n) is 9.03. The van der Waals surface area contributed by atoms with Gasteiger partial charge in [-0.1, -0.05) is 24.3 Å².